The van der Waals surface area contributed by atoms with E-state index in [4.69, 9.17) is 0 Å². The van der Waals surface area contributed by atoms with E-state index in [0.717, 1.165) is 59.9 Å². The second kappa shape index (κ2) is 11.6. The molecule has 4 aromatic rings. The Morgan fingerprint density at radius 3 is 2.45 bits per heavy atom. The third-order valence-corrected chi connectivity index (χ3v) is 9.39. The number of aromatic nitrogens is 2. The summed E-state index contributed by atoms with van der Waals surface area (Å²) < 4.78 is 58.7. The van der Waals surface area contributed by atoms with Gasteiger partial charge in [0.1, 0.15) is 17.8 Å². The molecule has 12 heteroatoms. The number of piperidine rings is 1. The highest BCUT2D eigenvalue weighted by Gasteiger charge is 2.28. The average molecular weight is 596 g/mol. The number of rotatable bonds is 9. The minimum Gasteiger partial charge on any atom is -0.371 e. The maximum Gasteiger partial charge on any atom is 0.301 e. The third-order valence-electron chi connectivity index (χ3n) is 7.74. The van der Waals surface area contributed by atoms with Gasteiger partial charge in [-0.05, 0) is 62.6 Å². The van der Waals surface area contributed by atoms with Gasteiger partial charge in [-0.1, -0.05) is 12.1 Å². The predicted octanol–water partition coefficient (Wildman–Crippen LogP) is 5.15. The van der Waals surface area contributed by atoms with Crippen LogP contribution >= 0.6 is 0 Å². The molecule has 42 heavy (non-hydrogen) atoms. The van der Waals surface area contributed by atoms with E-state index in [-0.39, 0.29) is 11.5 Å². The van der Waals surface area contributed by atoms with Crippen LogP contribution in [0.4, 0.5) is 20.2 Å². The number of anilines is 2. The van der Waals surface area contributed by atoms with Crippen molar-refractivity contribution in [1.82, 2.24) is 14.3 Å². The Balaban J connectivity index is 1.44. The number of halogens is 2. The smallest absolute Gasteiger partial charge is 0.301 e. The fourth-order valence-corrected chi connectivity index (χ4v) is 6.10. The summed E-state index contributed by atoms with van der Waals surface area (Å²) in [6.45, 7) is 4.88. The summed E-state index contributed by atoms with van der Waals surface area (Å²) in [4.78, 5) is 34.0. The second-order valence-electron chi connectivity index (χ2n) is 10.7. The first-order valence-electron chi connectivity index (χ1n) is 13.6. The second-order valence-corrected chi connectivity index (χ2v) is 12.4. The fraction of sp³-hybridized carbons (Fsp3) is 0.300. The van der Waals surface area contributed by atoms with Crippen molar-refractivity contribution in [3.05, 3.63) is 77.6 Å². The van der Waals surface area contributed by atoms with Crippen LogP contribution in [0, 0.1) is 17.6 Å². The maximum atomic E-state index is 15.5. The van der Waals surface area contributed by atoms with Gasteiger partial charge < -0.3 is 14.7 Å². The van der Waals surface area contributed by atoms with Crippen molar-refractivity contribution >= 4 is 44.7 Å². The van der Waals surface area contributed by atoms with E-state index in [0.29, 0.717) is 16.6 Å². The molecule has 2 N–H and O–H groups in total. The van der Waals surface area contributed by atoms with E-state index in [1.807, 2.05) is 24.3 Å². The summed E-state index contributed by atoms with van der Waals surface area (Å²) in [6, 6.07) is 10.9. The molecule has 0 spiro atoms. The van der Waals surface area contributed by atoms with E-state index in [9.17, 15) is 22.4 Å². The number of fused-ring (bicyclic) bond motifs is 1. The van der Waals surface area contributed by atoms with Crippen LogP contribution in [0.2, 0.25) is 0 Å². The molecule has 0 radical (unpaired) electrons. The van der Waals surface area contributed by atoms with Gasteiger partial charge in [-0.25, -0.2) is 13.8 Å². The number of pyridine rings is 1. The zero-order valence-electron chi connectivity index (χ0n) is 23.4. The van der Waals surface area contributed by atoms with Gasteiger partial charge in [0.2, 0.25) is 5.78 Å². The van der Waals surface area contributed by atoms with Crippen LogP contribution in [-0.4, -0.2) is 60.9 Å². The molecular weight excluding hydrogens is 564 g/mol. The number of H-pyrrole nitrogens is 1. The number of carbonyl (C=O) groups is 2. The molecule has 9 nitrogen and oxygen atoms in total. The van der Waals surface area contributed by atoms with Gasteiger partial charge in [0.15, 0.2) is 5.82 Å². The standard InChI is InChI=1S/C30H31F2N5O4S/c1-18(2)36(3)42(40,41)35-26-9-8-25(31)27(28(26)32)29(39)24-16-34-30-23(24)14-21(15-33-30)20-4-6-22(7-5-20)37-12-10-19(17-38)11-13-37/h4-9,14-19,35H,10-13H2,1-3H3,(H,33,34). The van der Waals surface area contributed by atoms with Crippen LogP contribution < -0.4 is 9.62 Å². The Bertz CT molecular complexity index is 1750. The molecule has 2 aromatic heterocycles. The molecule has 0 bridgehead atoms. The van der Waals surface area contributed by atoms with Crippen LogP contribution in [0.1, 0.15) is 42.6 Å². The van der Waals surface area contributed by atoms with Crippen molar-refractivity contribution in [1.29, 1.82) is 0 Å². The molecule has 0 atom stereocenters. The number of ketones is 1. The van der Waals surface area contributed by atoms with Crippen LogP contribution in [0.3, 0.4) is 0 Å². The number of hydrogen-bond donors (Lipinski definition) is 2. The van der Waals surface area contributed by atoms with Crippen LogP contribution in [0.25, 0.3) is 22.2 Å². The van der Waals surface area contributed by atoms with Crippen molar-refractivity contribution in [3.8, 4) is 11.1 Å². The zero-order valence-corrected chi connectivity index (χ0v) is 24.2. The number of carbonyl (C=O) groups excluding carboxylic acids is 2. The molecule has 0 unspecified atom stereocenters. The van der Waals surface area contributed by atoms with Gasteiger partial charge in [0, 0.05) is 66.7 Å². The van der Waals surface area contributed by atoms with Gasteiger partial charge in [-0.3, -0.25) is 9.52 Å². The molecule has 0 aliphatic carbocycles. The lowest BCUT2D eigenvalue weighted by Gasteiger charge is -2.31. The molecule has 1 fully saturated rings. The average Bonchev–Trinajstić information content (AvgIpc) is 3.41. The molecule has 1 aliphatic rings. The Morgan fingerprint density at radius 2 is 1.81 bits per heavy atom. The molecule has 0 saturated carbocycles. The number of nitrogens with zero attached hydrogens (tertiary/aromatic N) is 3. The van der Waals surface area contributed by atoms with Gasteiger partial charge in [0.05, 0.1) is 11.3 Å². The molecule has 5 rings (SSSR count). The van der Waals surface area contributed by atoms with Crippen molar-refractivity contribution in [2.75, 3.05) is 29.8 Å². The van der Waals surface area contributed by atoms with Gasteiger partial charge in [-0.15, -0.1) is 0 Å². The summed E-state index contributed by atoms with van der Waals surface area (Å²) in [5.41, 5.74) is 1.49. The Hall–Kier alpha value is -4.16. The summed E-state index contributed by atoms with van der Waals surface area (Å²) in [5.74, 6) is -3.28. The highest BCUT2D eigenvalue weighted by Crippen LogP contribution is 2.31. The minimum absolute atomic E-state index is 0.00822. The Morgan fingerprint density at radius 1 is 1.12 bits per heavy atom. The normalized spacial score (nSPS) is 14.6. The fourth-order valence-electron chi connectivity index (χ4n) is 4.97. The number of hydrogen-bond acceptors (Lipinski definition) is 6. The summed E-state index contributed by atoms with van der Waals surface area (Å²) in [7, 11) is -2.83. The highest BCUT2D eigenvalue weighted by molar-refractivity contribution is 7.90. The number of aromatic amines is 1. The molecule has 1 saturated heterocycles. The Kier molecular flexibility index (Phi) is 8.11. The monoisotopic (exact) mass is 595 g/mol. The van der Waals surface area contributed by atoms with E-state index < -0.39 is 44.9 Å². The van der Waals surface area contributed by atoms with Gasteiger partial charge in [-0.2, -0.15) is 12.7 Å². The molecule has 0 amide bonds. The largest absolute Gasteiger partial charge is 0.371 e. The van der Waals surface area contributed by atoms with Crippen molar-refractivity contribution < 1.29 is 26.8 Å². The van der Waals surface area contributed by atoms with Crippen LogP contribution in [0.5, 0.6) is 0 Å². The minimum atomic E-state index is -4.15. The number of nitrogens with one attached hydrogen (secondary N) is 2. The van der Waals surface area contributed by atoms with Crippen LogP contribution in [0.15, 0.2) is 54.9 Å². The predicted molar refractivity (Wildman–Crippen MR) is 158 cm³/mol. The third kappa shape index (κ3) is 5.64. The maximum absolute atomic E-state index is 15.5. The van der Waals surface area contributed by atoms with E-state index in [2.05, 4.69) is 19.6 Å². The topological polar surface area (TPSA) is 115 Å². The van der Waals surface area contributed by atoms with Gasteiger partial charge >= 0.3 is 10.2 Å². The van der Waals surface area contributed by atoms with Crippen molar-refractivity contribution in [2.45, 2.75) is 32.7 Å². The summed E-state index contributed by atoms with van der Waals surface area (Å²) in [6.07, 6.45) is 5.64. The Labute approximate surface area is 242 Å². The first-order valence-corrected chi connectivity index (χ1v) is 15.0. The van der Waals surface area contributed by atoms with E-state index in [1.54, 1.807) is 26.1 Å². The number of aldehydes is 1. The first-order chi connectivity index (χ1) is 20.0. The summed E-state index contributed by atoms with van der Waals surface area (Å²) >= 11 is 0. The molecule has 1 aliphatic heterocycles. The van der Waals surface area contributed by atoms with Crippen molar-refractivity contribution in [2.24, 2.45) is 5.92 Å². The van der Waals surface area contributed by atoms with Gasteiger partial charge in [0.25, 0.3) is 0 Å². The van der Waals surface area contributed by atoms with E-state index in [1.165, 1.54) is 13.2 Å². The van der Waals surface area contributed by atoms with Crippen LogP contribution in [-0.2, 0) is 15.0 Å². The summed E-state index contributed by atoms with van der Waals surface area (Å²) in [5, 5.41) is 0.363. The molecule has 220 valence electrons. The first kappa shape index (κ1) is 29.3. The molecule has 2 aromatic carbocycles. The lowest BCUT2D eigenvalue weighted by Crippen LogP contribution is -2.37. The SMILES string of the molecule is CC(C)N(C)S(=O)(=O)Nc1ccc(F)c(C(=O)c2c[nH]c3ncc(-c4ccc(N5CCC(C=O)CC5)cc4)cc23)c1F. The van der Waals surface area contributed by atoms with Crippen molar-refractivity contribution in [3.63, 3.8) is 0 Å². The number of benzene rings is 2. The zero-order chi connectivity index (χ0) is 30.2. The quantitative estimate of drug-likeness (QED) is 0.204. The van der Waals surface area contributed by atoms with E-state index >= 15 is 4.39 Å². The molecule has 3 heterocycles. The highest BCUT2D eigenvalue weighted by atomic mass is 32.2. The lowest BCUT2D eigenvalue weighted by atomic mass is 9.97. The lowest BCUT2D eigenvalue weighted by molar-refractivity contribution is -0.111. The molecular formula is C30H31F2N5O4S.